The highest BCUT2D eigenvalue weighted by atomic mass is 16.5. The Labute approximate surface area is 192 Å². The van der Waals surface area contributed by atoms with Gasteiger partial charge in [-0.15, -0.1) is 0 Å². The number of esters is 1. The fourth-order valence-corrected chi connectivity index (χ4v) is 3.76. The summed E-state index contributed by atoms with van der Waals surface area (Å²) in [5.74, 6) is 1.55. The number of anilines is 1. The zero-order valence-corrected chi connectivity index (χ0v) is 18.7. The molecular weight excluding hydrogens is 420 g/mol. The average molecular weight is 449 g/mol. The molecule has 0 atom stereocenters. The SMILES string of the molecule is COC(=O)CCCCCCOc1cccc(Cn2ccc3c(-c4ccco4)nc(N)nc32)c1. The first-order chi connectivity index (χ1) is 16.1. The Hall–Kier alpha value is -3.81. The summed E-state index contributed by atoms with van der Waals surface area (Å²) in [6.07, 6.45) is 7.88. The summed E-state index contributed by atoms with van der Waals surface area (Å²) in [5.41, 5.74) is 8.52. The van der Waals surface area contributed by atoms with Crippen molar-refractivity contribution >= 4 is 23.0 Å². The van der Waals surface area contributed by atoms with Crippen molar-refractivity contribution in [1.82, 2.24) is 14.5 Å². The van der Waals surface area contributed by atoms with Gasteiger partial charge in [-0.05, 0) is 48.7 Å². The van der Waals surface area contributed by atoms with Gasteiger partial charge in [-0.1, -0.05) is 25.0 Å². The van der Waals surface area contributed by atoms with Crippen LogP contribution in [0.4, 0.5) is 5.95 Å². The van der Waals surface area contributed by atoms with Crippen molar-refractivity contribution in [2.75, 3.05) is 19.5 Å². The van der Waals surface area contributed by atoms with Crippen LogP contribution in [0.5, 0.6) is 5.75 Å². The number of nitrogens with zero attached hydrogens (tertiary/aromatic N) is 3. The largest absolute Gasteiger partial charge is 0.494 e. The van der Waals surface area contributed by atoms with Crippen molar-refractivity contribution in [3.8, 4) is 17.2 Å². The van der Waals surface area contributed by atoms with Gasteiger partial charge < -0.3 is 24.2 Å². The van der Waals surface area contributed by atoms with Crippen LogP contribution in [-0.2, 0) is 16.1 Å². The first-order valence-corrected chi connectivity index (χ1v) is 11.1. The minimum absolute atomic E-state index is 0.148. The molecule has 8 heteroatoms. The van der Waals surface area contributed by atoms with Gasteiger partial charge in [-0.3, -0.25) is 4.79 Å². The fourth-order valence-electron chi connectivity index (χ4n) is 3.76. The fraction of sp³-hybridized carbons (Fsp3) is 0.320. The number of hydrogen-bond acceptors (Lipinski definition) is 7. The summed E-state index contributed by atoms with van der Waals surface area (Å²) in [5, 5.41) is 0.888. The Morgan fingerprint density at radius 1 is 1.09 bits per heavy atom. The lowest BCUT2D eigenvalue weighted by molar-refractivity contribution is -0.140. The number of carbonyl (C=O) groups is 1. The third-order valence-electron chi connectivity index (χ3n) is 5.41. The van der Waals surface area contributed by atoms with E-state index in [9.17, 15) is 4.79 Å². The molecule has 0 aliphatic carbocycles. The number of benzene rings is 1. The maximum Gasteiger partial charge on any atom is 0.305 e. The van der Waals surface area contributed by atoms with E-state index in [2.05, 4.69) is 20.8 Å². The van der Waals surface area contributed by atoms with Crippen LogP contribution in [0.25, 0.3) is 22.5 Å². The van der Waals surface area contributed by atoms with Crippen LogP contribution in [0.2, 0.25) is 0 Å². The Kier molecular flexibility index (Phi) is 7.24. The molecule has 172 valence electrons. The summed E-state index contributed by atoms with van der Waals surface area (Å²) < 4.78 is 18.1. The highest BCUT2D eigenvalue weighted by Gasteiger charge is 2.14. The normalized spacial score (nSPS) is 11.1. The van der Waals surface area contributed by atoms with Crippen molar-refractivity contribution in [3.63, 3.8) is 0 Å². The van der Waals surface area contributed by atoms with Gasteiger partial charge in [0.25, 0.3) is 0 Å². The van der Waals surface area contributed by atoms with Crippen molar-refractivity contribution in [1.29, 1.82) is 0 Å². The van der Waals surface area contributed by atoms with Crippen LogP contribution in [0.3, 0.4) is 0 Å². The number of ether oxygens (including phenoxy) is 2. The average Bonchev–Trinajstić information content (AvgIpc) is 3.49. The lowest BCUT2D eigenvalue weighted by Gasteiger charge is -2.10. The molecule has 3 heterocycles. The van der Waals surface area contributed by atoms with Crippen LogP contribution in [-0.4, -0.2) is 34.2 Å². The topological polar surface area (TPSA) is 105 Å². The number of aromatic nitrogens is 3. The van der Waals surface area contributed by atoms with E-state index in [1.807, 2.05) is 47.2 Å². The molecule has 4 rings (SSSR count). The van der Waals surface area contributed by atoms with Gasteiger partial charge in [0.15, 0.2) is 5.76 Å². The molecule has 0 aliphatic heterocycles. The Morgan fingerprint density at radius 2 is 1.97 bits per heavy atom. The number of hydrogen-bond donors (Lipinski definition) is 1. The Morgan fingerprint density at radius 3 is 2.79 bits per heavy atom. The summed E-state index contributed by atoms with van der Waals surface area (Å²) in [6, 6.07) is 13.7. The summed E-state index contributed by atoms with van der Waals surface area (Å²) in [7, 11) is 1.42. The monoisotopic (exact) mass is 448 g/mol. The molecule has 8 nitrogen and oxygen atoms in total. The lowest BCUT2D eigenvalue weighted by atomic mass is 10.1. The maximum atomic E-state index is 11.1. The molecule has 2 N–H and O–H groups in total. The van der Waals surface area contributed by atoms with Gasteiger partial charge in [-0.2, -0.15) is 4.98 Å². The molecule has 0 unspecified atom stereocenters. The molecule has 0 radical (unpaired) electrons. The zero-order valence-electron chi connectivity index (χ0n) is 18.7. The van der Waals surface area contributed by atoms with Gasteiger partial charge in [0.05, 0.1) is 20.0 Å². The predicted octanol–water partition coefficient (Wildman–Crippen LogP) is 4.82. The zero-order chi connectivity index (χ0) is 23.0. The highest BCUT2D eigenvalue weighted by Crippen LogP contribution is 2.28. The van der Waals surface area contributed by atoms with Gasteiger partial charge >= 0.3 is 5.97 Å². The first-order valence-electron chi connectivity index (χ1n) is 11.1. The van der Waals surface area contributed by atoms with Gasteiger partial charge in [0.1, 0.15) is 17.1 Å². The van der Waals surface area contributed by atoms with E-state index in [1.54, 1.807) is 6.26 Å². The van der Waals surface area contributed by atoms with E-state index >= 15 is 0 Å². The third-order valence-corrected chi connectivity index (χ3v) is 5.41. The number of rotatable bonds is 11. The number of unbranched alkanes of at least 4 members (excludes halogenated alkanes) is 3. The first kappa shape index (κ1) is 22.4. The highest BCUT2D eigenvalue weighted by molar-refractivity contribution is 5.90. The molecule has 33 heavy (non-hydrogen) atoms. The smallest absolute Gasteiger partial charge is 0.305 e. The number of fused-ring (bicyclic) bond motifs is 1. The van der Waals surface area contributed by atoms with Gasteiger partial charge in [-0.25, -0.2) is 4.98 Å². The van der Waals surface area contributed by atoms with E-state index in [0.717, 1.165) is 48.0 Å². The number of nitrogens with two attached hydrogens (primary N) is 1. The van der Waals surface area contributed by atoms with Crippen LogP contribution in [0.1, 0.15) is 37.7 Å². The molecule has 0 fully saturated rings. The molecule has 1 aromatic carbocycles. The number of methoxy groups -OCH3 is 1. The molecule has 0 saturated carbocycles. The van der Waals surface area contributed by atoms with Crippen molar-refractivity contribution < 1.29 is 18.7 Å². The van der Waals surface area contributed by atoms with Crippen molar-refractivity contribution in [3.05, 3.63) is 60.5 Å². The minimum Gasteiger partial charge on any atom is -0.494 e. The summed E-state index contributed by atoms with van der Waals surface area (Å²) >= 11 is 0. The predicted molar refractivity (Wildman–Crippen MR) is 126 cm³/mol. The summed E-state index contributed by atoms with van der Waals surface area (Å²) in [6.45, 7) is 1.27. The molecule has 0 amide bonds. The number of nitrogen functional groups attached to an aromatic ring is 1. The number of furan rings is 1. The second-order valence-electron chi connectivity index (χ2n) is 7.82. The van der Waals surface area contributed by atoms with Crippen molar-refractivity contribution in [2.45, 2.75) is 38.6 Å². The van der Waals surface area contributed by atoms with Gasteiger partial charge in [0.2, 0.25) is 5.95 Å². The van der Waals surface area contributed by atoms with Crippen LogP contribution < -0.4 is 10.5 Å². The third kappa shape index (κ3) is 5.71. The molecular formula is C25H28N4O4. The molecule has 0 aliphatic rings. The van der Waals surface area contributed by atoms with E-state index < -0.39 is 0 Å². The molecule has 0 saturated heterocycles. The lowest BCUT2D eigenvalue weighted by Crippen LogP contribution is -2.04. The molecule has 0 bridgehead atoms. The van der Waals surface area contributed by atoms with E-state index in [0.29, 0.717) is 31.0 Å². The summed E-state index contributed by atoms with van der Waals surface area (Å²) in [4.78, 5) is 19.9. The minimum atomic E-state index is -0.148. The van der Waals surface area contributed by atoms with Crippen molar-refractivity contribution in [2.24, 2.45) is 0 Å². The quantitative estimate of drug-likeness (QED) is 0.259. The molecule has 3 aromatic heterocycles. The standard InChI is InChI=1S/C25H28N4O4/c1-31-22(30)11-4-2-3-5-14-32-19-9-6-8-18(16-19)17-29-13-12-20-23(21-10-7-15-33-21)27-25(26)28-24(20)29/h6-10,12-13,15-16H,2-5,11,14,17H2,1H3,(H2,26,27,28). The van der Waals surface area contributed by atoms with E-state index in [-0.39, 0.29) is 11.9 Å². The van der Waals surface area contributed by atoms with Gasteiger partial charge in [0, 0.05) is 24.5 Å². The molecule has 0 spiro atoms. The number of carbonyl (C=O) groups excluding carboxylic acids is 1. The van der Waals surface area contributed by atoms with E-state index in [1.165, 1.54) is 7.11 Å². The Balaban J connectivity index is 1.36. The van der Waals surface area contributed by atoms with Crippen LogP contribution >= 0.6 is 0 Å². The van der Waals surface area contributed by atoms with Crippen LogP contribution in [0, 0.1) is 0 Å². The van der Waals surface area contributed by atoms with E-state index in [4.69, 9.17) is 14.9 Å². The maximum absolute atomic E-state index is 11.1. The van der Waals surface area contributed by atoms with Crippen LogP contribution in [0.15, 0.2) is 59.3 Å². The molecule has 4 aromatic rings. The second-order valence-corrected chi connectivity index (χ2v) is 7.82. The second kappa shape index (κ2) is 10.7. The Bertz CT molecular complexity index is 1200.